The molecule has 1 heterocycles. The van der Waals surface area contributed by atoms with Crippen LogP contribution >= 0.6 is 0 Å². The third-order valence-electron chi connectivity index (χ3n) is 3.06. The number of aldehydes is 1. The van der Waals surface area contributed by atoms with Gasteiger partial charge in [0.1, 0.15) is 11.4 Å². The second-order valence-corrected chi connectivity index (χ2v) is 4.40. The first-order valence-corrected chi connectivity index (χ1v) is 6.64. The molecular weight excluding hydrogens is 286 g/mol. The minimum absolute atomic E-state index is 0.00303. The number of hydrogen-bond donors (Lipinski definition) is 1. The smallest absolute Gasteiger partial charge is 0.354 e. The Bertz CT molecular complexity index is 746. The third kappa shape index (κ3) is 3.06. The SMILES string of the molecule is CCOC(=O)c1cc(=O)c(C=O)c(-c2ccc(OC)cc2)[nH]1. The van der Waals surface area contributed by atoms with Crippen LogP contribution in [-0.4, -0.2) is 31.0 Å². The van der Waals surface area contributed by atoms with Crippen molar-refractivity contribution in [2.75, 3.05) is 13.7 Å². The Morgan fingerprint density at radius 2 is 1.95 bits per heavy atom. The molecule has 2 rings (SSSR count). The van der Waals surface area contributed by atoms with Gasteiger partial charge in [-0.1, -0.05) is 0 Å². The summed E-state index contributed by atoms with van der Waals surface area (Å²) < 4.78 is 9.93. The van der Waals surface area contributed by atoms with E-state index in [4.69, 9.17) is 9.47 Å². The molecule has 1 aromatic carbocycles. The first kappa shape index (κ1) is 15.5. The fourth-order valence-electron chi connectivity index (χ4n) is 1.99. The van der Waals surface area contributed by atoms with Crippen molar-refractivity contribution < 1.29 is 19.1 Å². The number of esters is 1. The molecule has 0 aliphatic rings. The van der Waals surface area contributed by atoms with Crippen LogP contribution in [0.15, 0.2) is 35.1 Å². The van der Waals surface area contributed by atoms with E-state index < -0.39 is 11.4 Å². The molecule has 1 N–H and O–H groups in total. The number of nitrogens with one attached hydrogen (secondary N) is 1. The molecule has 0 amide bonds. The fraction of sp³-hybridized carbons (Fsp3) is 0.188. The van der Waals surface area contributed by atoms with Crippen molar-refractivity contribution >= 4 is 12.3 Å². The van der Waals surface area contributed by atoms with Gasteiger partial charge in [-0.2, -0.15) is 0 Å². The van der Waals surface area contributed by atoms with Crippen molar-refractivity contribution in [1.29, 1.82) is 0 Å². The summed E-state index contributed by atoms with van der Waals surface area (Å²) in [6, 6.07) is 7.82. The van der Waals surface area contributed by atoms with E-state index in [9.17, 15) is 14.4 Å². The molecule has 0 aliphatic carbocycles. The Kier molecular flexibility index (Phi) is 4.73. The number of carbonyl (C=O) groups excluding carboxylic acids is 2. The molecule has 114 valence electrons. The van der Waals surface area contributed by atoms with Crippen LogP contribution < -0.4 is 10.2 Å². The lowest BCUT2D eigenvalue weighted by atomic mass is 10.1. The third-order valence-corrected chi connectivity index (χ3v) is 3.06. The van der Waals surface area contributed by atoms with Crippen molar-refractivity contribution in [3.05, 3.63) is 51.8 Å². The zero-order valence-corrected chi connectivity index (χ0v) is 12.2. The lowest BCUT2D eigenvalue weighted by Crippen LogP contribution is -2.17. The molecule has 0 saturated carbocycles. The van der Waals surface area contributed by atoms with Crippen molar-refractivity contribution in [3.63, 3.8) is 0 Å². The predicted octanol–water partition coefficient (Wildman–Crippen LogP) is 2.04. The van der Waals surface area contributed by atoms with Crippen LogP contribution in [0.1, 0.15) is 27.8 Å². The van der Waals surface area contributed by atoms with Gasteiger partial charge in [0.2, 0.25) is 0 Å². The first-order valence-electron chi connectivity index (χ1n) is 6.64. The Morgan fingerprint density at radius 1 is 1.27 bits per heavy atom. The predicted molar refractivity (Wildman–Crippen MR) is 80.4 cm³/mol. The first-order chi connectivity index (χ1) is 10.6. The number of aromatic nitrogens is 1. The van der Waals surface area contributed by atoms with Gasteiger partial charge in [0.15, 0.2) is 11.7 Å². The minimum Gasteiger partial charge on any atom is -0.497 e. The van der Waals surface area contributed by atoms with Crippen LogP contribution in [0.5, 0.6) is 5.75 Å². The quantitative estimate of drug-likeness (QED) is 0.674. The summed E-state index contributed by atoms with van der Waals surface area (Å²) in [5, 5.41) is 0. The van der Waals surface area contributed by atoms with Gasteiger partial charge in [-0.15, -0.1) is 0 Å². The maximum Gasteiger partial charge on any atom is 0.354 e. The van der Waals surface area contributed by atoms with E-state index >= 15 is 0 Å². The summed E-state index contributed by atoms with van der Waals surface area (Å²) in [7, 11) is 1.54. The number of carbonyl (C=O) groups is 2. The lowest BCUT2D eigenvalue weighted by molar-refractivity contribution is 0.0519. The lowest BCUT2D eigenvalue weighted by Gasteiger charge is -2.09. The van der Waals surface area contributed by atoms with Gasteiger partial charge < -0.3 is 14.5 Å². The molecule has 22 heavy (non-hydrogen) atoms. The molecule has 1 aromatic heterocycles. The Balaban J connectivity index is 2.58. The molecule has 0 saturated heterocycles. The largest absolute Gasteiger partial charge is 0.497 e. The number of H-pyrrole nitrogens is 1. The molecule has 0 unspecified atom stereocenters. The summed E-state index contributed by atoms with van der Waals surface area (Å²) in [6.45, 7) is 1.86. The zero-order chi connectivity index (χ0) is 16.1. The van der Waals surface area contributed by atoms with Gasteiger partial charge in [0.05, 0.1) is 25.0 Å². The topological polar surface area (TPSA) is 85.5 Å². The number of ether oxygens (including phenoxy) is 2. The minimum atomic E-state index is -0.646. The molecule has 0 spiro atoms. The maximum atomic E-state index is 12.0. The molecule has 6 nitrogen and oxygen atoms in total. The van der Waals surface area contributed by atoms with Gasteiger partial charge in [0, 0.05) is 6.07 Å². The Morgan fingerprint density at radius 3 is 2.50 bits per heavy atom. The average molecular weight is 301 g/mol. The van der Waals surface area contributed by atoms with E-state index in [0.29, 0.717) is 17.6 Å². The highest BCUT2D eigenvalue weighted by molar-refractivity contribution is 5.91. The van der Waals surface area contributed by atoms with Crippen LogP contribution in [0.4, 0.5) is 0 Å². The monoisotopic (exact) mass is 301 g/mol. The van der Waals surface area contributed by atoms with Crippen LogP contribution in [0, 0.1) is 0 Å². The standard InChI is InChI=1S/C16H15NO5/c1-3-22-16(20)13-8-14(19)12(9-18)15(17-13)10-4-6-11(21-2)7-5-10/h4-9H,3H2,1-2H3,(H,17,19). The van der Waals surface area contributed by atoms with E-state index in [2.05, 4.69) is 4.98 Å². The molecule has 0 aliphatic heterocycles. The number of rotatable bonds is 5. The normalized spacial score (nSPS) is 10.1. The number of benzene rings is 1. The highest BCUT2D eigenvalue weighted by Crippen LogP contribution is 2.22. The molecule has 0 radical (unpaired) electrons. The molecule has 0 atom stereocenters. The van der Waals surface area contributed by atoms with E-state index in [-0.39, 0.29) is 23.6 Å². The molecular formula is C16H15NO5. The van der Waals surface area contributed by atoms with Gasteiger partial charge in [-0.25, -0.2) is 4.79 Å². The second-order valence-electron chi connectivity index (χ2n) is 4.40. The number of pyridine rings is 1. The van der Waals surface area contributed by atoms with Crippen molar-refractivity contribution in [3.8, 4) is 17.0 Å². The summed E-state index contributed by atoms with van der Waals surface area (Å²) in [5.41, 5.74) is 0.281. The van der Waals surface area contributed by atoms with Gasteiger partial charge in [-0.3, -0.25) is 9.59 Å². The highest BCUT2D eigenvalue weighted by atomic mass is 16.5. The number of aromatic amines is 1. The Labute approximate surface area is 126 Å². The van der Waals surface area contributed by atoms with E-state index in [1.165, 1.54) is 7.11 Å². The van der Waals surface area contributed by atoms with Crippen LogP contribution in [0.2, 0.25) is 0 Å². The van der Waals surface area contributed by atoms with Crippen molar-refractivity contribution in [2.24, 2.45) is 0 Å². The number of hydrogen-bond acceptors (Lipinski definition) is 5. The zero-order valence-electron chi connectivity index (χ0n) is 12.2. The van der Waals surface area contributed by atoms with E-state index in [0.717, 1.165) is 6.07 Å². The Hall–Kier alpha value is -2.89. The number of methoxy groups -OCH3 is 1. The average Bonchev–Trinajstić information content (AvgIpc) is 2.54. The summed E-state index contributed by atoms with van der Waals surface area (Å²) in [4.78, 5) is 37.8. The summed E-state index contributed by atoms with van der Waals surface area (Å²) >= 11 is 0. The van der Waals surface area contributed by atoms with Crippen molar-refractivity contribution in [2.45, 2.75) is 6.92 Å². The molecule has 6 heteroatoms. The highest BCUT2D eigenvalue weighted by Gasteiger charge is 2.15. The maximum absolute atomic E-state index is 12.0. The molecule has 0 bridgehead atoms. The summed E-state index contributed by atoms with van der Waals surface area (Å²) in [6.07, 6.45) is 0.466. The second kappa shape index (κ2) is 6.71. The van der Waals surface area contributed by atoms with Gasteiger partial charge in [0.25, 0.3) is 0 Å². The summed E-state index contributed by atoms with van der Waals surface area (Å²) in [5.74, 6) is -0.00731. The van der Waals surface area contributed by atoms with Crippen LogP contribution in [0.25, 0.3) is 11.3 Å². The van der Waals surface area contributed by atoms with Crippen LogP contribution in [-0.2, 0) is 4.74 Å². The fourth-order valence-corrected chi connectivity index (χ4v) is 1.99. The van der Waals surface area contributed by atoms with Gasteiger partial charge in [-0.05, 0) is 36.8 Å². The van der Waals surface area contributed by atoms with Crippen LogP contribution in [0.3, 0.4) is 0 Å². The van der Waals surface area contributed by atoms with E-state index in [1.807, 2.05) is 0 Å². The van der Waals surface area contributed by atoms with Crippen molar-refractivity contribution in [1.82, 2.24) is 4.98 Å². The van der Waals surface area contributed by atoms with E-state index in [1.54, 1.807) is 31.2 Å². The molecule has 2 aromatic rings. The van der Waals surface area contributed by atoms with Gasteiger partial charge >= 0.3 is 5.97 Å². The molecule has 0 fully saturated rings.